The highest BCUT2D eigenvalue weighted by atomic mass is 35.5. The summed E-state index contributed by atoms with van der Waals surface area (Å²) < 4.78 is 0. The molecule has 1 rings (SSSR count). The van der Waals surface area contributed by atoms with Gasteiger partial charge in [-0.3, -0.25) is 4.79 Å². The zero-order valence-corrected chi connectivity index (χ0v) is 8.27. The van der Waals surface area contributed by atoms with E-state index < -0.39 is 0 Å². The highest BCUT2D eigenvalue weighted by Crippen LogP contribution is 2.15. The number of hydrogen-bond donors (Lipinski definition) is 2. The maximum atomic E-state index is 10.9. The van der Waals surface area contributed by atoms with Crippen molar-refractivity contribution >= 4 is 11.6 Å². The Labute approximate surface area is 81.9 Å². The Balaban J connectivity index is 2.90. The first kappa shape index (κ1) is 10.3. The molecule has 0 unspecified atom stereocenters. The van der Waals surface area contributed by atoms with Crippen LogP contribution in [-0.2, 0) is 0 Å². The third-order valence-corrected chi connectivity index (χ3v) is 2.19. The molecule has 0 bridgehead atoms. The molecule has 0 saturated carbocycles. The normalized spacial score (nSPS) is 12.8. The van der Waals surface area contributed by atoms with E-state index in [1.54, 1.807) is 12.3 Å². The maximum Gasteiger partial charge on any atom is 0.266 e. The van der Waals surface area contributed by atoms with Gasteiger partial charge in [0.1, 0.15) is 5.02 Å². The van der Waals surface area contributed by atoms with Crippen molar-refractivity contribution in [2.24, 2.45) is 5.73 Å². The van der Waals surface area contributed by atoms with Gasteiger partial charge < -0.3 is 10.7 Å². The summed E-state index contributed by atoms with van der Waals surface area (Å²) in [5.41, 5.74) is 6.46. The fourth-order valence-electron chi connectivity index (χ4n) is 1.16. The second-order valence-corrected chi connectivity index (χ2v) is 3.41. The van der Waals surface area contributed by atoms with Crippen molar-refractivity contribution in [2.45, 2.75) is 25.8 Å². The minimum Gasteiger partial charge on any atom is -0.327 e. The molecule has 1 aromatic rings. The molecular formula is C9H13ClN2O. The summed E-state index contributed by atoms with van der Waals surface area (Å²) >= 11 is 5.66. The summed E-state index contributed by atoms with van der Waals surface area (Å²) in [6.07, 6.45) is 3.52. The first-order valence-electron chi connectivity index (χ1n) is 4.29. The quantitative estimate of drug-likeness (QED) is 0.782. The third-order valence-electron chi connectivity index (χ3n) is 1.91. The molecule has 1 atom stereocenters. The van der Waals surface area contributed by atoms with Gasteiger partial charge in [-0.05, 0) is 18.1 Å². The first-order chi connectivity index (χ1) is 6.15. The number of nitrogens with two attached hydrogens (primary N) is 1. The van der Waals surface area contributed by atoms with Gasteiger partial charge in [0.05, 0.1) is 0 Å². The summed E-state index contributed by atoms with van der Waals surface area (Å²) in [6, 6.07) is 1.58. The molecule has 72 valence electrons. The second kappa shape index (κ2) is 4.44. The molecule has 0 aliphatic carbocycles. The number of H-pyrrole nitrogens is 1. The lowest BCUT2D eigenvalue weighted by Gasteiger charge is -2.09. The largest absolute Gasteiger partial charge is 0.327 e. The molecule has 13 heavy (non-hydrogen) atoms. The average molecular weight is 201 g/mol. The van der Waals surface area contributed by atoms with E-state index in [1.165, 1.54) is 0 Å². The van der Waals surface area contributed by atoms with Crippen LogP contribution < -0.4 is 11.3 Å². The SMILES string of the molecule is CCC[C@H](N)c1c[nH]c(=O)c(Cl)c1. The molecule has 1 aromatic heterocycles. The molecule has 0 aliphatic heterocycles. The summed E-state index contributed by atoms with van der Waals surface area (Å²) in [5.74, 6) is 0. The Morgan fingerprint density at radius 3 is 2.92 bits per heavy atom. The molecule has 0 radical (unpaired) electrons. The Hall–Kier alpha value is -0.800. The van der Waals surface area contributed by atoms with Crippen LogP contribution in [0.3, 0.4) is 0 Å². The maximum absolute atomic E-state index is 10.9. The molecule has 1 heterocycles. The van der Waals surface area contributed by atoms with Gasteiger partial charge in [-0.1, -0.05) is 24.9 Å². The van der Waals surface area contributed by atoms with Crippen LogP contribution in [-0.4, -0.2) is 4.98 Å². The zero-order valence-electron chi connectivity index (χ0n) is 7.51. The Kier molecular flexibility index (Phi) is 3.51. The predicted octanol–water partition coefficient (Wildman–Crippen LogP) is 1.83. The van der Waals surface area contributed by atoms with Crippen molar-refractivity contribution in [3.05, 3.63) is 33.2 Å². The number of aromatic nitrogens is 1. The van der Waals surface area contributed by atoms with Crippen molar-refractivity contribution in [2.75, 3.05) is 0 Å². The lowest BCUT2D eigenvalue weighted by molar-refractivity contribution is 0.636. The van der Waals surface area contributed by atoms with Gasteiger partial charge in [0, 0.05) is 12.2 Å². The summed E-state index contributed by atoms with van der Waals surface area (Å²) in [7, 11) is 0. The van der Waals surface area contributed by atoms with Crippen LogP contribution >= 0.6 is 11.6 Å². The number of halogens is 1. The van der Waals surface area contributed by atoms with E-state index in [-0.39, 0.29) is 16.6 Å². The number of rotatable bonds is 3. The highest BCUT2D eigenvalue weighted by Gasteiger charge is 2.06. The van der Waals surface area contributed by atoms with Crippen LogP contribution in [0.25, 0.3) is 0 Å². The topological polar surface area (TPSA) is 58.9 Å². The first-order valence-corrected chi connectivity index (χ1v) is 4.66. The van der Waals surface area contributed by atoms with Crippen LogP contribution in [0.15, 0.2) is 17.1 Å². The van der Waals surface area contributed by atoms with Crippen LogP contribution in [0.4, 0.5) is 0 Å². The average Bonchev–Trinajstić information content (AvgIpc) is 2.10. The van der Waals surface area contributed by atoms with Crippen molar-refractivity contribution in [3.63, 3.8) is 0 Å². The van der Waals surface area contributed by atoms with Crippen molar-refractivity contribution in [3.8, 4) is 0 Å². The molecule has 0 aromatic carbocycles. The van der Waals surface area contributed by atoms with Crippen LogP contribution in [0.1, 0.15) is 31.4 Å². The fraction of sp³-hybridized carbons (Fsp3) is 0.444. The van der Waals surface area contributed by atoms with Crippen LogP contribution in [0.5, 0.6) is 0 Å². The summed E-state index contributed by atoms with van der Waals surface area (Å²) in [5, 5.41) is 0.198. The van der Waals surface area contributed by atoms with Gasteiger partial charge in [0.15, 0.2) is 0 Å². The Morgan fingerprint density at radius 1 is 1.69 bits per heavy atom. The third kappa shape index (κ3) is 2.57. The smallest absolute Gasteiger partial charge is 0.266 e. The molecule has 0 saturated heterocycles. The molecule has 0 aliphatic rings. The molecule has 3 nitrogen and oxygen atoms in total. The van der Waals surface area contributed by atoms with E-state index in [2.05, 4.69) is 11.9 Å². The predicted molar refractivity (Wildman–Crippen MR) is 53.9 cm³/mol. The van der Waals surface area contributed by atoms with E-state index in [9.17, 15) is 4.79 Å². The fourth-order valence-corrected chi connectivity index (χ4v) is 1.34. The monoisotopic (exact) mass is 200 g/mol. The second-order valence-electron chi connectivity index (χ2n) is 3.01. The summed E-state index contributed by atoms with van der Waals surface area (Å²) in [4.78, 5) is 13.5. The van der Waals surface area contributed by atoms with E-state index in [0.717, 1.165) is 18.4 Å². The van der Waals surface area contributed by atoms with E-state index in [0.29, 0.717) is 0 Å². The van der Waals surface area contributed by atoms with Crippen LogP contribution in [0.2, 0.25) is 5.02 Å². The number of hydrogen-bond acceptors (Lipinski definition) is 2. The van der Waals surface area contributed by atoms with Gasteiger partial charge in [-0.2, -0.15) is 0 Å². The summed E-state index contributed by atoms with van der Waals surface area (Å²) in [6.45, 7) is 2.06. The Bertz CT molecular complexity index is 335. The van der Waals surface area contributed by atoms with E-state index in [4.69, 9.17) is 17.3 Å². The number of pyridine rings is 1. The van der Waals surface area contributed by atoms with E-state index >= 15 is 0 Å². The minimum atomic E-state index is -0.269. The lowest BCUT2D eigenvalue weighted by atomic mass is 10.1. The van der Waals surface area contributed by atoms with Gasteiger partial charge in [0.2, 0.25) is 0 Å². The molecule has 4 heteroatoms. The van der Waals surface area contributed by atoms with Gasteiger partial charge >= 0.3 is 0 Å². The lowest BCUT2D eigenvalue weighted by Crippen LogP contribution is -2.13. The standard InChI is InChI=1S/C9H13ClN2O/c1-2-3-8(11)6-4-7(10)9(13)12-5-6/h4-5,8H,2-3,11H2,1H3,(H,12,13)/t8-/m0/s1. The van der Waals surface area contributed by atoms with Crippen LogP contribution in [0, 0.1) is 0 Å². The van der Waals surface area contributed by atoms with E-state index in [1.807, 2.05) is 0 Å². The zero-order chi connectivity index (χ0) is 9.84. The Morgan fingerprint density at radius 2 is 2.38 bits per heavy atom. The molecule has 0 fully saturated rings. The minimum absolute atomic E-state index is 0.0423. The molecule has 0 amide bonds. The van der Waals surface area contributed by atoms with Crippen molar-refractivity contribution in [1.82, 2.24) is 4.98 Å². The van der Waals surface area contributed by atoms with Gasteiger partial charge in [-0.15, -0.1) is 0 Å². The number of nitrogens with one attached hydrogen (secondary N) is 1. The molecule has 3 N–H and O–H groups in total. The molecular weight excluding hydrogens is 188 g/mol. The van der Waals surface area contributed by atoms with Crippen molar-refractivity contribution < 1.29 is 0 Å². The molecule has 0 spiro atoms. The van der Waals surface area contributed by atoms with Gasteiger partial charge in [-0.25, -0.2) is 0 Å². The number of aromatic amines is 1. The highest BCUT2D eigenvalue weighted by molar-refractivity contribution is 6.30. The van der Waals surface area contributed by atoms with Gasteiger partial charge in [0.25, 0.3) is 5.56 Å². The van der Waals surface area contributed by atoms with Crippen molar-refractivity contribution in [1.29, 1.82) is 0 Å².